The van der Waals surface area contributed by atoms with Crippen molar-refractivity contribution >= 4 is 17.6 Å². The highest BCUT2D eigenvalue weighted by Gasteiger charge is 2.31. The fourth-order valence-electron chi connectivity index (χ4n) is 2.16. The maximum atomic E-state index is 12.2. The van der Waals surface area contributed by atoms with Crippen molar-refractivity contribution in [3.8, 4) is 0 Å². The number of amides is 2. The molecule has 1 aromatic carbocycles. The molecule has 0 spiro atoms. The standard InChI is InChI=1S/C15H21ClN2O2/c16-13-5-3-4-12(10-13)11-17-15(20)18(14-6-7-14)8-1-2-9-19/h3-5,10,14,19H,1-2,6-9,11H2,(H,17,20). The Labute approximate surface area is 124 Å². The number of halogens is 1. The quantitative estimate of drug-likeness (QED) is 0.760. The Kier molecular flexibility index (Phi) is 5.68. The summed E-state index contributed by atoms with van der Waals surface area (Å²) >= 11 is 5.92. The van der Waals surface area contributed by atoms with E-state index in [-0.39, 0.29) is 12.6 Å². The van der Waals surface area contributed by atoms with Crippen LogP contribution in [-0.4, -0.2) is 35.2 Å². The van der Waals surface area contributed by atoms with Gasteiger partial charge in [0.15, 0.2) is 0 Å². The van der Waals surface area contributed by atoms with Crippen molar-refractivity contribution in [2.45, 2.75) is 38.3 Å². The van der Waals surface area contributed by atoms with Crippen LogP contribution < -0.4 is 5.32 Å². The minimum atomic E-state index is -0.0228. The summed E-state index contributed by atoms with van der Waals surface area (Å²) in [5.41, 5.74) is 0.997. The molecule has 0 bridgehead atoms. The van der Waals surface area contributed by atoms with E-state index in [1.807, 2.05) is 29.2 Å². The first-order valence-corrected chi connectivity index (χ1v) is 7.48. The molecule has 0 saturated heterocycles. The van der Waals surface area contributed by atoms with Crippen LogP contribution in [0.15, 0.2) is 24.3 Å². The highest BCUT2D eigenvalue weighted by Crippen LogP contribution is 2.27. The Morgan fingerprint density at radius 2 is 2.20 bits per heavy atom. The normalized spacial score (nSPS) is 14.1. The van der Waals surface area contributed by atoms with E-state index in [9.17, 15) is 4.79 Å². The summed E-state index contributed by atoms with van der Waals surface area (Å²) in [4.78, 5) is 14.1. The van der Waals surface area contributed by atoms with E-state index in [0.29, 0.717) is 24.2 Å². The van der Waals surface area contributed by atoms with Gasteiger partial charge in [0.25, 0.3) is 0 Å². The summed E-state index contributed by atoms with van der Waals surface area (Å²) in [6, 6.07) is 7.86. The van der Waals surface area contributed by atoms with Gasteiger partial charge >= 0.3 is 6.03 Å². The van der Waals surface area contributed by atoms with Gasteiger partial charge in [-0.2, -0.15) is 0 Å². The van der Waals surface area contributed by atoms with Crippen molar-refractivity contribution in [2.24, 2.45) is 0 Å². The van der Waals surface area contributed by atoms with Crippen LogP contribution in [0.1, 0.15) is 31.2 Å². The maximum Gasteiger partial charge on any atom is 0.317 e. The number of hydrogen-bond acceptors (Lipinski definition) is 2. The van der Waals surface area contributed by atoms with Crippen LogP contribution in [0.25, 0.3) is 0 Å². The smallest absolute Gasteiger partial charge is 0.317 e. The third-order valence-corrected chi connectivity index (χ3v) is 3.62. The fraction of sp³-hybridized carbons (Fsp3) is 0.533. The second-order valence-electron chi connectivity index (χ2n) is 5.14. The van der Waals surface area contributed by atoms with Crippen LogP contribution in [0, 0.1) is 0 Å². The van der Waals surface area contributed by atoms with Gasteiger partial charge in [0.2, 0.25) is 0 Å². The van der Waals surface area contributed by atoms with Crippen molar-refractivity contribution in [1.82, 2.24) is 10.2 Å². The lowest BCUT2D eigenvalue weighted by molar-refractivity contribution is 0.190. The lowest BCUT2D eigenvalue weighted by atomic mass is 10.2. The number of hydrogen-bond donors (Lipinski definition) is 2. The van der Waals surface area contributed by atoms with Gasteiger partial charge in [-0.05, 0) is 43.4 Å². The molecule has 0 heterocycles. The van der Waals surface area contributed by atoms with Gasteiger partial charge < -0.3 is 15.3 Å². The number of carbonyl (C=O) groups excluding carboxylic acids is 1. The number of urea groups is 1. The zero-order valence-corrected chi connectivity index (χ0v) is 12.3. The molecule has 1 aliphatic rings. The molecule has 1 fully saturated rings. The zero-order valence-electron chi connectivity index (χ0n) is 11.5. The van der Waals surface area contributed by atoms with E-state index in [4.69, 9.17) is 16.7 Å². The average Bonchev–Trinajstić information content (AvgIpc) is 3.26. The van der Waals surface area contributed by atoms with E-state index in [1.54, 1.807) is 0 Å². The fourth-order valence-corrected chi connectivity index (χ4v) is 2.37. The van der Waals surface area contributed by atoms with Gasteiger partial charge in [-0.25, -0.2) is 4.79 Å². The van der Waals surface area contributed by atoms with Gasteiger partial charge in [0.05, 0.1) is 0 Å². The van der Waals surface area contributed by atoms with Gasteiger partial charge in [-0.15, -0.1) is 0 Å². The predicted molar refractivity (Wildman–Crippen MR) is 79.7 cm³/mol. The van der Waals surface area contributed by atoms with Gasteiger partial charge in [-0.3, -0.25) is 0 Å². The predicted octanol–water partition coefficient (Wildman–Crippen LogP) is 2.79. The molecule has 0 aliphatic heterocycles. The molecular weight excluding hydrogens is 276 g/mol. The Balaban J connectivity index is 1.82. The van der Waals surface area contributed by atoms with Crippen LogP contribution in [0.5, 0.6) is 0 Å². The summed E-state index contributed by atoms with van der Waals surface area (Å²) in [5, 5.41) is 12.4. The largest absolute Gasteiger partial charge is 0.396 e. The first-order valence-electron chi connectivity index (χ1n) is 7.10. The summed E-state index contributed by atoms with van der Waals surface area (Å²) in [5.74, 6) is 0. The van der Waals surface area contributed by atoms with E-state index in [0.717, 1.165) is 31.2 Å². The number of nitrogens with zero attached hydrogens (tertiary/aromatic N) is 1. The molecule has 0 aromatic heterocycles. The number of aliphatic hydroxyl groups is 1. The summed E-state index contributed by atoms with van der Waals surface area (Å²) in [7, 11) is 0. The Morgan fingerprint density at radius 1 is 1.40 bits per heavy atom. The molecule has 0 radical (unpaired) electrons. The molecule has 0 unspecified atom stereocenters. The van der Waals surface area contributed by atoms with Gasteiger partial charge in [-0.1, -0.05) is 23.7 Å². The maximum absolute atomic E-state index is 12.2. The first kappa shape index (κ1) is 15.1. The Hall–Kier alpha value is -1.26. The second kappa shape index (κ2) is 7.50. The van der Waals surface area contributed by atoms with Gasteiger partial charge in [0.1, 0.15) is 0 Å². The molecule has 1 saturated carbocycles. The van der Waals surface area contributed by atoms with Crippen LogP contribution in [0.3, 0.4) is 0 Å². The number of nitrogens with one attached hydrogen (secondary N) is 1. The van der Waals surface area contributed by atoms with E-state index in [2.05, 4.69) is 5.32 Å². The highest BCUT2D eigenvalue weighted by molar-refractivity contribution is 6.30. The topological polar surface area (TPSA) is 52.6 Å². The molecule has 110 valence electrons. The molecule has 1 aliphatic carbocycles. The summed E-state index contributed by atoms with van der Waals surface area (Å²) < 4.78 is 0. The van der Waals surface area contributed by atoms with Crippen LogP contribution in [0.4, 0.5) is 4.79 Å². The third kappa shape index (κ3) is 4.69. The number of aliphatic hydroxyl groups excluding tert-OH is 1. The molecule has 2 rings (SSSR count). The summed E-state index contributed by atoms with van der Waals surface area (Å²) in [6.45, 7) is 1.39. The van der Waals surface area contributed by atoms with Crippen molar-refractivity contribution in [3.05, 3.63) is 34.9 Å². The van der Waals surface area contributed by atoms with E-state index >= 15 is 0 Å². The van der Waals surface area contributed by atoms with Crippen LogP contribution >= 0.6 is 11.6 Å². The number of rotatable bonds is 7. The SMILES string of the molecule is O=C(NCc1cccc(Cl)c1)N(CCCCO)C1CC1. The molecule has 2 amide bonds. The molecule has 0 atom stereocenters. The van der Waals surface area contributed by atoms with Crippen molar-refractivity contribution in [1.29, 1.82) is 0 Å². The van der Waals surface area contributed by atoms with Crippen molar-refractivity contribution in [2.75, 3.05) is 13.2 Å². The number of carbonyl (C=O) groups is 1. The van der Waals surface area contributed by atoms with E-state index in [1.165, 1.54) is 0 Å². The monoisotopic (exact) mass is 296 g/mol. The van der Waals surface area contributed by atoms with Crippen LogP contribution in [-0.2, 0) is 6.54 Å². The third-order valence-electron chi connectivity index (χ3n) is 3.39. The Bertz CT molecular complexity index is 449. The molecule has 20 heavy (non-hydrogen) atoms. The summed E-state index contributed by atoms with van der Waals surface area (Å²) in [6.07, 6.45) is 3.76. The van der Waals surface area contributed by atoms with E-state index < -0.39 is 0 Å². The lowest BCUT2D eigenvalue weighted by Gasteiger charge is -2.22. The molecule has 4 nitrogen and oxygen atoms in total. The highest BCUT2D eigenvalue weighted by atomic mass is 35.5. The molecule has 5 heteroatoms. The van der Waals surface area contributed by atoms with Crippen molar-refractivity contribution in [3.63, 3.8) is 0 Å². The van der Waals surface area contributed by atoms with Gasteiger partial charge in [0, 0.05) is 30.8 Å². The Morgan fingerprint density at radius 3 is 2.85 bits per heavy atom. The molecular formula is C15H21ClN2O2. The minimum absolute atomic E-state index is 0.0228. The molecule has 1 aromatic rings. The van der Waals surface area contributed by atoms with Crippen molar-refractivity contribution < 1.29 is 9.90 Å². The minimum Gasteiger partial charge on any atom is -0.396 e. The first-order chi connectivity index (χ1) is 9.70. The second-order valence-corrected chi connectivity index (χ2v) is 5.58. The van der Waals surface area contributed by atoms with Crippen LogP contribution in [0.2, 0.25) is 5.02 Å². The number of benzene rings is 1. The lowest BCUT2D eigenvalue weighted by Crippen LogP contribution is -2.41. The average molecular weight is 297 g/mol. The number of unbranched alkanes of at least 4 members (excludes halogenated alkanes) is 1. The molecule has 2 N–H and O–H groups in total. The zero-order chi connectivity index (χ0) is 14.4.